The van der Waals surface area contributed by atoms with E-state index in [1.165, 1.54) is 29.7 Å². The van der Waals surface area contributed by atoms with Gasteiger partial charge in [0.15, 0.2) is 0 Å². The molecule has 0 bridgehead atoms. The second kappa shape index (κ2) is 5.68. The summed E-state index contributed by atoms with van der Waals surface area (Å²) in [6.07, 6.45) is 2.54. The van der Waals surface area contributed by atoms with Crippen LogP contribution >= 0.6 is 0 Å². The zero-order chi connectivity index (χ0) is 14.9. The van der Waals surface area contributed by atoms with Crippen LogP contribution < -0.4 is 4.90 Å². The lowest BCUT2D eigenvalue weighted by molar-refractivity contribution is 0.626. The van der Waals surface area contributed by atoms with Crippen molar-refractivity contribution < 1.29 is 0 Å². The fraction of sp³-hybridized carbons (Fsp3) is 0.368. The first-order valence-corrected chi connectivity index (χ1v) is 11.5. The summed E-state index contributed by atoms with van der Waals surface area (Å²) < 4.78 is 0. The smallest absolute Gasteiger partial charge is 0.0705 e. The maximum atomic E-state index is 2.68. The van der Waals surface area contributed by atoms with Crippen molar-refractivity contribution in [1.29, 1.82) is 0 Å². The number of hydrogen-bond acceptors (Lipinski definition) is 1. The van der Waals surface area contributed by atoms with Gasteiger partial charge in [-0.05, 0) is 30.0 Å². The van der Waals surface area contributed by atoms with Gasteiger partial charge in [0.05, 0.1) is 8.07 Å². The first-order chi connectivity index (χ1) is 10.1. The van der Waals surface area contributed by atoms with Gasteiger partial charge in [0, 0.05) is 17.9 Å². The van der Waals surface area contributed by atoms with Crippen LogP contribution in [0.1, 0.15) is 17.5 Å². The van der Waals surface area contributed by atoms with E-state index in [4.69, 9.17) is 0 Å². The van der Waals surface area contributed by atoms with Gasteiger partial charge in [-0.2, -0.15) is 0 Å². The Balaban J connectivity index is 1.98. The maximum absolute atomic E-state index is 2.68. The number of para-hydroxylation sites is 1. The Kier molecular flexibility index (Phi) is 3.90. The van der Waals surface area contributed by atoms with E-state index in [0.717, 1.165) is 12.2 Å². The van der Waals surface area contributed by atoms with Crippen LogP contribution in [-0.2, 0) is 13.0 Å². The van der Waals surface area contributed by atoms with Crippen molar-refractivity contribution in [3.05, 3.63) is 65.7 Å². The summed E-state index contributed by atoms with van der Waals surface area (Å²) in [5, 5.41) is 0. The van der Waals surface area contributed by atoms with E-state index in [1.807, 2.05) is 0 Å². The Bertz CT molecular complexity index is 600. The number of benzene rings is 2. The monoisotopic (exact) mass is 295 g/mol. The summed E-state index contributed by atoms with van der Waals surface area (Å²) >= 11 is 0. The minimum Gasteiger partial charge on any atom is -0.367 e. The van der Waals surface area contributed by atoms with Gasteiger partial charge in [-0.15, -0.1) is 0 Å². The summed E-state index contributed by atoms with van der Waals surface area (Å²) in [6, 6.07) is 19.9. The molecular weight excluding hydrogens is 270 g/mol. The molecule has 1 atom stereocenters. The molecule has 0 aliphatic carbocycles. The van der Waals surface area contributed by atoms with Crippen molar-refractivity contribution in [3.8, 4) is 0 Å². The second-order valence-electron chi connectivity index (χ2n) is 7.16. The van der Waals surface area contributed by atoms with Crippen molar-refractivity contribution >= 4 is 13.8 Å². The Morgan fingerprint density at radius 1 is 0.952 bits per heavy atom. The molecule has 2 heteroatoms. The minimum absolute atomic E-state index is 0.729. The van der Waals surface area contributed by atoms with Crippen molar-refractivity contribution in [2.75, 3.05) is 4.90 Å². The summed E-state index contributed by atoms with van der Waals surface area (Å²) in [5.41, 5.74) is 5.12. The molecule has 1 nitrogen and oxygen atoms in total. The highest BCUT2D eigenvalue weighted by Crippen LogP contribution is 2.35. The predicted molar refractivity (Wildman–Crippen MR) is 94.5 cm³/mol. The molecule has 1 aliphatic heterocycles. The van der Waals surface area contributed by atoms with Gasteiger partial charge in [0.25, 0.3) is 0 Å². The normalized spacial score (nSPS) is 18.4. The molecule has 1 heterocycles. The van der Waals surface area contributed by atoms with E-state index in [-0.39, 0.29) is 0 Å². The van der Waals surface area contributed by atoms with Crippen molar-refractivity contribution in [2.24, 2.45) is 0 Å². The molecule has 0 fully saturated rings. The molecule has 0 spiro atoms. The van der Waals surface area contributed by atoms with Gasteiger partial charge in [0.2, 0.25) is 0 Å². The van der Waals surface area contributed by atoms with Crippen molar-refractivity contribution in [3.63, 3.8) is 0 Å². The standard InChI is InChI=1S/C19H25NSi/c1-21(2,3)19-14-13-17-11-7-8-12-18(17)20(19)15-16-9-5-4-6-10-16/h4-12,19H,13-15H2,1-3H3/t19-/m1/s1. The number of nitrogens with zero attached hydrogens (tertiary/aromatic N) is 1. The molecule has 2 aromatic rings. The lowest BCUT2D eigenvalue weighted by Gasteiger charge is -2.45. The van der Waals surface area contributed by atoms with Crippen LogP contribution in [0.3, 0.4) is 0 Å². The number of hydrogen-bond donors (Lipinski definition) is 0. The maximum Gasteiger partial charge on any atom is 0.0705 e. The van der Waals surface area contributed by atoms with Crippen LogP contribution in [0.15, 0.2) is 54.6 Å². The molecule has 2 aromatic carbocycles. The average Bonchev–Trinajstić information content (AvgIpc) is 2.47. The number of anilines is 1. The zero-order valence-electron chi connectivity index (χ0n) is 13.3. The third-order valence-corrected chi connectivity index (χ3v) is 7.16. The van der Waals surface area contributed by atoms with E-state index in [0.29, 0.717) is 0 Å². The highest BCUT2D eigenvalue weighted by atomic mass is 28.3. The molecule has 0 aromatic heterocycles. The minimum atomic E-state index is -1.22. The van der Waals surface area contributed by atoms with Gasteiger partial charge in [-0.25, -0.2) is 0 Å². The van der Waals surface area contributed by atoms with E-state index >= 15 is 0 Å². The van der Waals surface area contributed by atoms with E-state index in [2.05, 4.69) is 79.1 Å². The third-order valence-electron chi connectivity index (χ3n) is 4.56. The SMILES string of the molecule is C[Si](C)(C)[C@@H]1CCc2ccccc2N1Cc1ccccc1. The van der Waals surface area contributed by atoms with Crippen LogP contribution in [-0.4, -0.2) is 13.7 Å². The Labute approximate surface area is 129 Å². The fourth-order valence-corrected chi connectivity index (χ4v) is 5.67. The first kappa shape index (κ1) is 14.4. The number of aryl methyl sites for hydroxylation is 1. The lowest BCUT2D eigenvalue weighted by Crippen LogP contribution is -2.53. The molecule has 0 saturated heterocycles. The van der Waals surface area contributed by atoms with Crippen molar-refractivity contribution in [2.45, 2.75) is 44.7 Å². The third kappa shape index (κ3) is 3.05. The van der Waals surface area contributed by atoms with Crippen LogP contribution in [0.4, 0.5) is 5.69 Å². The van der Waals surface area contributed by atoms with Crippen molar-refractivity contribution in [1.82, 2.24) is 0 Å². The quantitative estimate of drug-likeness (QED) is 0.729. The largest absolute Gasteiger partial charge is 0.367 e. The molecule has 0 amide bonds. The molecule has 0 radical (unpaired) electrons. The zero-order valence-corrected chi connectivity index (χ0v) is 14.3. The molecule has 110 valence electrons. The highest BCUT2D eigenvalue weighted by Gasteiger charge is 2.35. The van der Waals surface area contributed by atoms with Gasteiger partial charge in [-0.1, -0.05) is 68.2 Å². The molecule has 0 N–H and O–H groups in total. The molecule has 21 heavy (non-hydrogen) atoms. The summed E-state index contributed by atoms with van der Waals surface area (Å²) in [4.78, 5) is 2.68. The van der Waals surface area contributed by atoms with E-state index < -0.39 is 8.07 Å². The predicted octanol–water partition coefficient (Wildman–Crippen LogP) is 4.89. The summed E-state index contributed by atoms with van der Waals surface area (Å²) in [5.74, 6) is 0. The Morgan fingerprint density at radius 2 is 1.62 bits per heavy atom. The fourth-order valence-electron chi connectivity index (χ4n) is 3.49. The van der Waals surface area contributed by atoms with E-state index in [9.17, 15) is 0 Å². The van der Waals surface area contributed by atoms with Crippen LogP contribution in [0, 0.1) is 0 Å². The molecule has 3 rings (SSSR count). The Hall–Kier alpha value is -1.54. The van der Waals surface area contributed by atoms with Gasteiger partial charge >= 0.3 is 0 Å². The molecule has 0 unspecified atom stereocenters. The molecule has 1 aliphatic rings. The Morgan fingerprint density at radius 3 is 2.33 bits per heavy atom. The number of fused-ring (bicyclic) bond motifs is 1. The van der Waals surface area contributed by atoms with Gasteiger partial charge in [0.1, 0.15) is 0 Å². The highest BCUT2D eigenvalue weighted by molar-refractivity contribution is 6.78. The first-order valence-electron chi connectivity index (χ1n) is 7.94. The van der Waals surface area contributed by atoms with Crippen LogP contribution in [0.2, 0.25) is 19.6 Å². The summed E-state index contributed by atoms with van der Waals surface area (Å²) in [7, 11) is -1.22. The number of rotatable bonds is 3. The lowest BCUT2D eigenvalue weighted by atomic mass is 10.0. The van der Waals surface area contributed by atoms with Gasteiger partial charge in [-0.3, -0.25) is 0 Å². The van der Waals surface area contributed by atoms with Crippen LogP contribution in [0.5, 0.6) is 0 Å². The molecule has 0 saturated carbocycles. The average molecular weight is 296 g/mol. The van der Waals surface area contributed by atoms with Crippen LogP contribution in [0.25, 0.3) is 0 Å². The topological polar surface area (TPSA) is 3.24 Å². The molecular formula is C19H25NSi. The summed E-state index contributed by atoms with van der Waals surface area (Å²) in [6.45, 7) is 8.55. The van der Waals surface area contributed by atoms with Gasteiger partial charge < -0.3 is 4.90 Å². The second-order valence-corrected chi connectivity index (χ2v) is 12.6. The van der Waals surface area contributed by atoms with E-state index in [1.54, 1.807) is 0 Å².